The Hall–Kier alpha value is -1.93. The molecule has 1 N–H and O–H groups in total. The van der Waals surface area contributed by atoms with E-state index in [2.05, 4.69) is 32.1 Å². The van der Waals surface area contributed by atoms with E-state index in [1.165, 1.54) is 0 Å². The second-order valence-electron chi connectivity index (χ2n) is 6.95. The van der Waals surface area contributed by atoms with Gasteiger partial charge in [0, 0.05) is 25.7 Å². The van der Waals surface area contributed by atoms with E-state index in [1.807, 2.05) is 13.0 Å². The number of amides is 1. The number of morpholine rings is 1. The van der Waals surface area contributed by atoms with Gasteiger partial charge < -0.3 is 24.6 Å². The molecule has 144 valence electrons. The third-order valence-corrected chi connectivity index (χ3v) is 4.78. The normalized spacial score (nSPS) is 21.5. The van der Waals surface area contributed by atoms with Gasteiger partial charge in [-0.05, 0) is 33.4 Å². The van der Waals surface area contributed by atoms with Crippen LogP contribution < -0.4 is 15.0 Å². The van der Waals surface area contributed by atoms with Crippen molar-refractivity contribution < 1.29 is 14.3 Å². The highest BCUT2D eigenvalue weighted by Gasteiger charge is 2.23. The van der Waals surface area contributed by atoms with E-state index in [-0.39, 0.29) is 11.8 Å². The maximum absolute atomic E-state index is 12.2. The third kappa shape index (κ3) is 5.28. The van der Waals surface area contributed by atoms with E-state index < -0.39 is 0 Å². The number of carbonyl (C=O) groups is 1. The minimum atomic E-state index is 0.0861. The van der Waals surface area contributed by atoms with Crippen LogP contribution in [0.5, 0.6) is 5.88 Å². The van der Waals surface area contributed by atoms with Crippen molar-refractivity contribution in [2.45, 2.75) is 19.8 Å². The molecule has 0 bridgehead atoms. The van der Waals surface area contributed by atoms with Crippen LogP contribution >= 0.6 is 0 Å². The average molecular weight is 363 g/mol. The van der Waals surface area contributed by atoms with Gasteiger partial charge in [-0.15, -0.1) is 0 Å². The number of hydrogen-bond donors (Lipinski definition) is 1. The second-order valence-corrected chi connectivity index (χ2v) is 6.95. The number of hydrogen-bond acceptors (Lipinski definition) is 7. The van der Waals surface area contributed by atoms with Crippen molar-refractivity contribution in [3.63, 3.8) is 0 Å². The zero-order valence-corrected chi connectivity index (χ0v) is 15.7. The standard InChI is InChI=1S/C18H29N5O3/c1-14-20-16(23-7-10-25-11-8-23)12-17(21-14)26-9-5-19-18(24)15-4-3-6-22(2)13-15/h12,15H,3-11,13H2,1-2H3,(H,19,24). The Morgan fingerprint density at radius 1 is 1.35 bits per heavy atom. The number of rotatable bonds is 6. The molecule has 0 spiro atoms. The van der Waals surface area contributed by atoms with Crippen LogP contribution in [0.2, 0.25) is 0 Å². The van der Waals surface area contributed by atoms with E-state index in [0.29, 0.717) is 38.1 Å². The molecule has 3 heterocycles. The molecule has 1 unspecified atom stereocenters. The van der Waals surface area contributed by atoms with Gasteiger partial charge in [0.2, 0.25) is 11.8 Å². The Labute approximate surface area is 154 Å². The van der Waals surface area contributed by atoms with Crippen LogP contribution in [-0.2, 0) is 9.53 Å². The van der Waals surface area contributed by atoms with E-state index in [4.69, 9.17) is 9.47 Å². The van der Waals surface area contributed by atoms with Crippen LogP contribution in [0.1, 0.15) is 18.7 Å². The van der Waals surface area contributed by atoms with Crippen LogP contribution in [0.4, 0.5) is 5.82 Å². The first kappa shape index (κ1) is 18.8. The maximum atomic E-state index is 12.2. The van der Waals surface area contributed by atoms with E-state index in [0.717, 1.165) is 44.8 Å². The van der Waals surface area contributed by atoms with E-state index in [9.17, 15) is 4.79 Å². The summed E-state index contributed by atoms with van der Waals surface area (Å²) in [5.41, 5.74) is 0. The number of nitrogens with one attached hydrogen (secondary N) is 1. The molecule has 2 aliphatic rings. The van der Waals surface area contributed by atoms with E-state index >= 15 is 0 Å². The van der Waals surface area contributed by atoms with Gasteiger partial charge in [-0.2, -0.15) is 4.98 Å². The summed E-state index contributed by atoms with van der Waals surface area (Å²) in [6, 6.07) is 1.86. The van der Waals surface area contributed by atoms with Gasteiger partial charge in [0.25, 0.3) is 0 Å². The Bertz CT molecular complexity index is 606. The molecule has 8 heteroatoms. The number of ether oxygens (including phenoxy) is 2. The van der Waals surface area contributed by atoms with Crippen LogP contribution in [0.15, 0.2) is 6.07 Å². The van der Waals surface area contributed by atoms with Crippen LogP contribution in [0.3, 0.4) is 0 Å². The predicted molar refractivity (Wildman–Crippen MR) is 98.5 cm³/mol. The number of nitrogens with zero attached hydrogens (tertiary/aromatic N) is 4. The molecule has 1 atom stereocenters. The van der Waals surface area contributed by atoms with Crippen LogP contribution in [0, 0.1) is 12.8 Å². The third-order valence-electron chi connectivity index (χ3n) is 4.78. The molecule has 0 radical (unpaired) electrons. The molecular formula is C18H29N5O3. The van der Waals surface area contributed by atoms with Crippen molar-refractivity contribution in [2.24, 2.45) is 5.92 Å². The summed E-state index contributed by atoms with van der Waals surface area (Å²) in [4.78, 5) is 25.4. The minimum absolute atomic E-state index is 0.0861. The first-order valence-corrected chi connectivity index (χ1v) is 9.39. The topological polar surface area (TPSA) is 79.8 Å². The van der Waals surface area contributed by atoms with Gasteiger partial charge in [-0.1, -0.05) is 0 Å². The lowest BCUT2D eigenvalue weighted by Gasteiger charge is -2.28. The number of carbonyl (C=O) groups excluding carboxylic acids is 1. The van der Waals surface area contributed by atoms with E-state index in [1.54, 1.807) is 0 Å². The molecule has 1 aromatic rings. The smallest absolute Gasteiger partial charge is 0.224 e. The largest absolute Gasteiger partial charge is 0.476 e. The SMILES string of the molecule is Cc1nc(OCCNC(=O)C2CCCN(C)C2)cc(N2CCOCC2)n1. The summed E-state index contributed by atoms with van der Waals surface area (Å²) in [7, 11) is 2.06. The first-order valence-electron chi connectivity index (χ1n) is 9.39. The Morgan fingerprint density at radius 3 is 2.92 bits per heavy atom. The van der Waals surface area contributed by atoms with Crippen molar-refractivity contribution in [3.8, 4) is 5.88 Å². The number of piperidine rings is 1. The Kier molecular flexibility index (Phi) is 6.62. The van der Waals surface area contributed by atoms with Gasteiger partial charge in [0.1, 0.15) is 18.2 Å². The molecule has 0 saturated carbocycles. The fourth-order valence-electron chi connectivity index (χ4n) is 3.41. The lowest BCUT2D eigenvalue weighted by molar-refractivity contribution is -0.126. The number of aryl methyl sites for hydroxylation is 1. The Balaban J connectivity index is 1.45. The van der Waals surface area contributed by atoms with Crippen molar-refractivity contribution in [2.75, 3.05) is 64.5 Å². The molecule has 1 aromatic heterocycles. The highest BCUT2D eigenvalue weighted by Crippen LogP contribution is 2.18. The number of anilines is 1. The number of likely N-dealkylation sites (tertiary alicyclic amines) is 1. The molecule has 2 saturated heterocycles. The summed E-state index contributed by atoms with van der Waals surface area (Å²) in [5.74, 6) is 2.30. The van der Waals surface area contributed by atoms with Crippen LogP contribution in [-0.4, -0.2) is 80.4 Å². The molecule has 0 aliphatic carbocycles. The van der Waals surface area contributed by atoms with Gasteiger partial charge in [-0.3, -0.25) is 4.79 Å². The first-order chi connectivity index (χ1) is 12.6. The highest BCUT2D eigenvalue weighted by molar-refractivity contribution is 5.78. The van der Waals surface area contributed by atoms with Crippen LogP contribution in [0.25, 0.3) is 0 Å². The van der Waals surface area contributed by atoms with Gasteiger partial charge >= 0.3 is 0 Å². The lowest BCUT2D eigenvalue weighted by Crippen LogP contribution is -2.42. The molecule has 2 fully saturated rings. The van der Waals surface area contributed by atoms with Gasteiger partial charge in [0.15, 0.2) is 0 Å². The predicted octanol–water partition coefficient (Wildman–Crippen LogP) is 0.458. The summed E-state index contributed by atoms with van der Waals surface area (Å²) >= 11 is 0. The minimum Gasteiger partial charge on any atom is -0.476 e. The average Bonchev–Trinajstić information content (AvgIpc) is 2.65. The monoisotopic (exact) mass is 363 g/mol. The number of aromatic nitrogens is 2. The van der Waals surface area contributed by atoms with Gasteiger partial charge in [0.05, 0.1) is 25.7 Å². The molecule has 0 aromatic carbocycles. The quantitative estimate of drug-likeness (QED) is 0.736. The van der Waals surface area contributed by atoms with Crippen molar-refractivity contribution >= 4 is 11.7 Å². The fraction of sp³-hybridized carbons (Fsp3) is 0.722. The molecule has 1 amide bonds. The molecule has 3 rings (SSSR count). The van der Waals surface area contributed by atoms with Crippen molar-refractivity contribution in [3.05, 3.63) is 11.9 Å². The zero-order valence-electron chi connectivity index (χ0n) is 15.7. The zero-order chi connectivity index (χ0) is 18.4. The fourth-order valence-corrected chi connectivity index (χ4v) is 3.41. The van der Waals surface area contributed by atoms with Crippen molar-refractivity contribution in [1.82, 2.24) is 20.2 Å². The Morgan fingerprint density at radius 2 is 2.15 bits per heavy atom. The summed E-state index contributed by atoms with van der Waals surface area (Å²) < 4.78 is 11.1. The molecule has 8 nitrogen and oxygen atoms in total. The highest BCUT2D eigenvalue weighted by atomic mass is 16.5. The second kappa shape index (κ2) is 9.14. The molecule has 2 aliphatic heterocycles. The molecular weight excluding hydrogens is 334 g/mol. The van der Waals surface area contributed by atoms with Crippen molar-refractivity contribution in [1.29, 1.82) is 0 Å². The van der Waals surface area contributed by atoms with Gasteiger partial charge in [-0.25, -0.2) is 4.98 Å². The summed E-state index contributed by atoms with van der Waals surface area (Å²) in [5, 5.41) is 2.97. The maximum Gasteiger partial charge on any atom is 0.224 e. The summed E-state index contributed by atoms with van der Waals surface area (Å²) in [6.45, 7) is 7.71. The molecule has 26 heavy (non-hydrogen) atoms. The lowest BCUT2D eigenvalue weighted by atomic mass is 9.98. The summed E-state index contributed by atoms with van der Waals surface area (Å²) in [6.07, 6.45) is 2.04.